The third-order valence-corrected chi connectivity index (χ3v) is 3.50. The van der Waals surface area contributed by atoms with Crippen LogP contribution >= 0.6 is 0 Å². The van der Waals surface area contributed by atoms with Crippen molar-refractivity contribution >= 4 is 29.7 Å². The zero-order valence-corrected chi connectivity index (χ0v) is 15.0. The lowest BCUT2D eigenvalue weighted by atomic mass is 10.0. The number of hydrogen-bond donors (Lipinski definition) is 2. The molecular weight excluding hydrogens is 348 g/mol. The number of carbonyl (C=O) groups excluding carboxylic acids is 5. The van der Waals surface area contributed by atoms with Crippen LogP contribution in [-0.2, 0) is 38.2 Å². The molecule has 10 heteroatoms. The zero-order chi connectivity index (χ0) is 19.7. The van der Waals surface area contributed by atoms with E-state index in [9.17, 15) is 24.0 Å². The Morgan fingerprint density at radius 3 is 2.42 bits per heavy atom. The van der Waals surface area contributed by atoms with Crippen LogP contribution in [0.3, 0.4) is 0 Å². The van der Waals surface area contributed by atoms with Crippen LogP contribution in [0.2, 0.25) is 0 Å². The number of ether oxygens (including phenoxy) is 3. The lowest BCUT2D eigenvalue weighted by Crippen LogP contribution is -2.44. The van der Waals surface area contributed by atoms with Gasteiger partial charge in [-0.1, -0.05) is 13.8 Å². The maximum Gasteiger partial charge on any atom is 0.344 e. The molecule has 0 radical (unpaired) electrons. The van der Waals surface area contributed by atoms with Gasteiger partial charge in [0.05, 0.1) is 7.11 Å². The Morgan fingerprint density at radius 2 is 1.88 bits per heavy atom. The van der Waals surface area contributed by atoms with Crippen LogP contribution in [0.5, 0.6) is 0 Å². The van der Waals surface area contributed by atoms with E-state index in [4.69, 9.17) is 4.74 Å². The maximum atomic E-state index is 11.8. The van der Waals surface area contributed by atoms with Gasteiger partial charge in [-0.3, -0.25) is 9.59 Å². The average Bonchev–Trinajstić information content (AvgIpc) is 3.02. The molecule has 0 aromatic carbocycles. The molecule has 1 rings (SSSR count). The summed E-state index contributed by atoms with van der Waals surface area (Å²) < 4.78 is 14.0. The maximum absolute atomic E-state index is 11.8. The van der Waals surface area contributed by atoms with Crippen molar-refractivity contribution in [1.82, 2.24) is 10.6 Å². The molecular formula is C16H24N2O8. The lowest BCUT2D eigenvalue weighted by Gasteiger charge is -2.18. The van der Waals surface area contributed by atoms with Crippen LogP contribution < -0.4 is 10.6 Å². The summed E-state index contributed by atoms with van der Waals surface area (Å²) in [4.78, 5) is 57.6. The largest absolute Gasteiger partial charge is 0.467 e. The number of nitrogens with one attached hydrogen (secondary N) is 2. The van der Waals surface area contributed by atoms with E-state index in [1.165, 1.54) is 7.11 Å². The first-order valence-electron chi connectivity index (χ1n) is 8.21. The Balaban J connectivity index is 2.31. The number of rotatable bonds is 9. The molecule has 0 saturated carbocycles. The normalized spacial score (nSPS) is 17.2. The molecule has 1 heterocycles. The van der Waals surface area contributed by atoms with Crippen LogP contribution in [-0.4, -0.2) is 62.1 Å². The Labute approximate surface area is 150 Å². The van der Waals surface area contributed by atoms with Crippen molar-refractivity contribution in [1.29, 1.82) is 0 Å². The molecule has 1 aliphatic heterocycles. The molecule has 10 nitrogen and oxygen atoms in total. The van der Waals surface area contributed by atoms with Crippen LogP contribution in [0.25, 0.3) is 0 Å². The fraction of sp³-hybridized carbons (Fsp3) is 0.688. The van der Waals surface area contributed by atoms with Crippen molar-refractivity contribution in [3.8, 4) is 0 Å². The first-order chi connectivity index (χ1) is 12.2. The van der Waals surface area contributed by atoms with Gasteiger partial charge in [-0.05, 0) is 18.8 Å². The van der Waals surface area contributed by atoms with E-state index in [1.54, 1.807) is 0 Å². The highest BCUT2D eigenvalue weighted by atomic mass is 16.6. The molecule has 1 saturated heterocycles. The van der Waals surface area contributed by atoms with Gasteiger partial charge in [0.1, 0.15) is 12.1 Å². The Kier molecular flexibility index (Phi) is 8.53. The van der Waals surface area contributed by atoms with Crippen molar-refractivity contribution in [3.05, 3.63) is 0 Å². The highest BCUT2D eigenvalue weighted by Crippen LogP contribution is 2.08. The van der Waals surface area contributed by atoms with E-state index in [0.29, 0.717) is 12.8 Å². The smallest absolute Gasteiger partial charge is 0.344 e. The molecule has 1 aliphatic rings. The van der Waals surface area contributed by atoms with Crippen LogP contribution in [0.4, 0.5) is 0 Å². The van der Waals surface area contributed by atoms with Gasteiger partial charge >= 0.3 is 17.9 Å². The Bertz CT molecular complexity index is 560. The summed E-state index contributed by atoms with van der Waals surface area (Å²) in [5.74, 6) is -3.05. The Morgan fingerprint density at radius 1 is 1.19 bits per heavy atom. The second-order valence-corrected chi connectivity index (χ2v) is 6.20. The van der Waals surface area contributed by atoms with Crippen LogP contribution in [0.1, 0.15) is 33.1 Å². The molecule has 0 bridgehead atoms. The van der Waals surface area contributed by atoms with Crippen molar-refractivity contribution in [3.63, 3.8) is 0 Å². The number of methoxy groups -OCH3 is 1. The van der Waals surface area contributed by atoms with Gasteiger partial charge in [0.15, 0.2) is 13.2 Å². The second kappa shape index (κ2) is 10.4. The molecule has 0 spiro atoms. The summed E-state index contributed by atoms with van der Waals surface area (Å²) in [5, 5.41) is 4.83. The van der Waals surface area contributed by atoms with Crippen molar-refractivity contribution in [2.24, 2.45) is 5.92 Å². The van der Waals surface area contributed by atoms with E-state index >= 15 is 0 Å². The first-order valence-corrected chi connectivity index (χ1v) is 8.21. The molecule has 2 N–H and O–H groups in total. The quantitative estimate of drug-likeness (QED) is 0.391. The fourth-order valence-corrected chi connectivity index (χ4v) is 2.27. The zero-order valence-electron chi connectivity index (χ0n) is 15.0. The van der Waals surface area contributed by atoms with E-state index < -0.39 is 49.1 Å². The minimum absolute atomic E-state index is 0.137. The van der Waals surface area contributed by atoms with Crippen molar-refractivity contribution in [2.45, 2.75) is 45.2 Å². The first kappa shape index (κ1) is 21.4. The fourth-order valence-electron chi connectivity index (χ4n) is 2.27. The highest BCUT2D eigenvalue weighted by Gasteiger charge is 2.29. The van der Waals surface area contributed by atoms with Gasteiger partial charge in [0.2, 0.25) is 5.91 Å². The van der Waals surface area contributed by atoms with E-state index in [2.05, 4.69) is 20.1 Å². The number of carbonyl (C=O) groups is 5. The third kappa shape index (κ3) is 7.49. The molecule has 0 aromatic heterocycles. The number of esters is 3. The van der Waals surface area contributed by atoms with Crippen molar-refractivity contribution < 1.29 is 38.2 Å². The number of amides is 2. The standard InChI is InChI=1S/C16H24N2O8/c1-9(2)6-11(15(22)24-3)18-13(20)7-25-14(21)8-26-16(23)10-4-5-12(19)17-10/h9-11H,4-8H2,1-3H3,(H,17,19)(H,18,20)/t10?,11-/m0/s1. The summed E-state index contributed by atoms with van der Waals surface area (Å²) in [6.07, 6.45) is 0.902. The summed E-state index contributed by atoms with van der Waals surface area (Å²) in [7, 11) is 1.21. The van der Waals surface area contributed by atoms with Gasteiger partial charge in [0.25, 0.3) is 5.91 Å². The SMILES string of the molecule is COC(=O)[C@H](CC(C)C)NC(=O)COC(=O)COC(=O)C1CCC(=O)N1. The second-order valence-electron chi connectivity index (χ2n) is 6.20. The monoisotopic (exact) mass is 372 g/mol. The van der Waals surface area contributed by atoms with Gasteiger partial charge < -0.3 is 24.8 Å². The third-order valence-electron chi connectivity index (χ3n) is 3.50. The summed E-state index contributed by atoms with van der Waals surface area (Å²) in [6.45, 7) is 2.46. The summed E-state index contributed by atoms with van der Waals surface area (Å²) in [6, 6.07) is -1.61. The molecule has 0 aromatic rings. The van der Waals surface area contributed by atoms with E-state index in [-0.39, 0.29) is 18.2 Å². The lowest BCUT2D eigenvalue weighted by molar-refractivity contribution is -0.161. The molecule has 26 heavy (non-hydrogen) atoms. The van der Waals surface area contributed by atoms with Crippen LogP contribution in [0, 0.1) is 5.92 Å². The number of hydrogen-bond acceptors (Lipinski definition) is 8. The summed E-state index contributed by atoms with van der Waals surface area (Å²) >= 11 is 0. The van der Waals surface area contributed by atoms with Gasteiger partial charge in [0, 0.05) is 6.42 Å². The minimum atomic E-state index is -0.920. The Hall–Kier alpha value is -2.65. The molecule has 2 atom stereocenters. The average molecular weight is 372 g/mol. The van der Waals surface area contributed by atoms with Gasteiger partial charge in [-0.2, -0.15) is 0 Å². The van der Waals surface area contributed by atoms with Crippen LogP contribution in [0.15, 0.2) is 0 Å². The molecule has 1 fully saturated rings. The topological polar surface area (TPSA) is 137 Å². The predicted molar refractivity (Wildman–Crippen MR) is 86.5 cm³/mol. The molecule has 2 amide bonds. The predicted octanol–water partition coefficient (Wildman–Crippen LogP) is -0.945. The van der Waals surface area contributed by atoms with E-state index in [1.807, 2.05) is 13.8 Å². The molecule has 1 unspecified atom stereocenters. The molecule has 146 valence electrons. The minimum Gasteiger partial charge on any atom is -0.467 e. The van der Waals surface area contributed by atoms with Gasteiger partial charge in [-0.25, -0.2) is 14.4 Å². The molecule has 0 aliphatic carbocycles. The summed E-state index contributed by atoms with van der Waals surface area (Å²) in [5.41, 5.74) is 0. The van der Waals surface area contributed by atoms with Gasteiger partial charge in [-0.15, -0.1) is 0 Å². The van der Waals surface area contributed by atoms with E-state index in [0.717, 1.165) is 0 Å². The highest BCUT2D eigenvalue weighted by molar-refractivity contribution is 5.89. The van der Waals surface area contributed by atoms with Crippen molar-refractivity contribution in [2.75, 3.05) is 20.3 Å².